The largest absolute Gasteiger partial charge is 0.524 e. The highest BCUT2D eigenvalue weighted by Crippen LogP contribution is 2.49. The van der Waals surface area contributed by atoms with Crippen LogP contribution in [0.3, 0.4) is 0 Å². The van der Waals surface area contributed by atoms with Gasteiger partial charge in [-0.1, -0.05) is 42.5 Å². The van der Waals surface area contributed by atoms with E-state index in [1.165, 1.54) is 112 Å². The molecule has 0 aliphatic rings. The third kappa shape index (κ3) is 36.4. The molecule has 0 fully saturated rings. The Morgan fingerprint density at radius 2 is 0.406 bits per heavy atom. The zero-order valence-electron chi connectivity index (χ0n) is 95.4. The van der Waals surface area contributed by atoms with Crippen molar-refractivity contribution < 1.29 is 164 Å². The number of nitrogens with zero attached hydrogens (tertiary/aromatic N) is 7. The Hall–Kier alpha value is -9.31. The van der Waals surface area contributed by atoms with Gasteiger partial charge in [-0.25, -0.2) is 32.0 Å². The fourth-order valence-corrected chi connectivity index (χ4v) is 15.3. The minimum Gasteiger partial charge on any atom is -0.404 e. The van der Waals surface area contributed by atoms with Gasteiger partial charge in [-0.05, 0) is 267 Å². The second-order valence-electron chi connectivity index (χ2n) is 29.1. The molecule has 7 aromatic heterocycles. The molecule has 0 bridgehead atoms. The van der Waals surface area contributed by atoms with Crippen LogP contribution < -0.4 is 31.7 Å². The molecule has 7 heterocycles. The van der Waals surface area contributed by atoms with E-state index in [1.807, 2.05) is 0 Å². The van der Waals surface area contributed by atoms with E-state index in [0.29, 0.717) is 73.1 Å². The first kappa shape index (κ1) is 78.8. The number of benzene rings is 7. The molecule has 728 valence electrons. The van der Waals surface area contributed by atoms with E-state index < -0.39 is 147 Å². The second-order valence-corrected chi connectivity index (χ2v) is 37.2. The summed E-state index contributed by atoms with van der Waals surface area (Å²) in [6.45, 7) is -16.9. The highest BCUT2D eigenvalue weighted by atomic mass is 31.2. The summed E-state index contributed by atoms with van der Waals surface area (Å²) in [6, 6.07) is 32.7. The summed E-state index contributed by atoms with van der Waals surface area (Å²) in [5, 5.41) is 2.74. The summed E-state index contributed by atoms with van der Waals surface area (Å²) >= 11 is 0. The number of phosphoric ester groups is 7. The molecule has 0 aliphatic heterocycles. The molecule has 9 unspecified atom stereocenters. The summed E-state index contributed by atoms with van der Waals surface area (Å²) in [6.07, 6.45) is 7.11. The molecule has 7 aromatic carbocycles. The third-order valence-corrected chi connectivity index (χ3v) is 20.6. The summed E-state index contributed by atoms with van der Waals surface area (Å²) in [4.78, 5) is 155. The maximum Gasteiger partial charge on any atom is 0.524 e. The van der Waals surface area contributed by atoms with Crippen LogP contribution >= 0.6 is 54.8 Å². The van der Waals surface area contributed by atoms with Crippen LogP contribution in [-0.2, 0) is 76.8 Å². The minimum absolute atomic E-state index is 0.0178. The Kier molecular flexibility index (Phi) is 28.7. The molecule has 133 heavy (non-hydrogen) atoms. The number of aromatic amines is 7. The van der Waals surface area contributed by atoms with Gasteiger partial charge in [-0.3, -0.25) is 68.5 Å². The summed E-state index contributed by atoms with van der Waals surface area (Å²) in [5.41, 5.74) is 7.18. The van der Waals surface area contributed by atoms with Crippen molar-refractivity contribution in [1.29, 1.82) is 0 Å². The average Bonchev–Trinajstić information content (AvgIpc) is 1.60. The standard InChI is InChI=1S/7C12H17N2O4P/c7*1-14(2)7-6-9-8-13-10-4-3-5-11(12(9)10)18-19(15,16)17/h7*3-5,8,13H,6-7H2,1-2H3,(H2,15,16,17)/i2*1D3,6D,7D;6D2,7D;2*1D3,7D;2*7D. The maximum atomic E-state index is 11.1. The number of phosphoric acid groups is 7. The van der Waals surface area contributed by atoms with E-state index >= 15 is 0 Å². The number of H-pyrrole nitrogens is 7. The molecule has 14 aromatic rings. The van der Waals surface area contributed by atoms with Gasteiger partial charge in [0.1, 0.15) is 40.2 Å². The van der Waals surface area contributed by atoms with Crippen molar-refractivity contribution >= 4 is 131 Å². The minimum atomic E-state index is -4.81. The van der Waals surface area contributed by atoms with Gasteiger partial charge in [0.25, 0.3) is 0 Å². The predicted octanol–water partition coefficient (Wildman–Crippen LogP) is 12.2. The fourth-order valence-electron chi connectivity index (χ4n) is 12.4. The van der Waals surface area contributed by atoms with Gasteiger partial charge in [0.2, 0.25) is 0 Å². The lowest BCUT2D eigenvalue weighted by Crippen LogP contribution is -2.14. The molecule has 0 radical (unpaired) electrons. The number of likely N-dealkylation sites (N-methyl/N-ethyl adjacent to an activating group) is 7. The molecule has 21 N–H and O–H groups in total. The molecule has 0 saturated heterocycles. The first-order chi connectivity index (χ1) is 71.4. The lowest BCUT2D eigenvalue weighted by molar-refractivity contribution is 0.282. The van der Waals surface area contributed by atoms with Crippen molar-refractivity contribution in [3.05, 3.63) is 210 Å². The molecule has 0 spiro atoms. The monoisotopic (exact) mass is 2010 g/mol. The van der Waals surface area contributed by atoms with Crippen LogP contribution in [0.4, 0.5) is 0 Å². The summed E-state index contributed by atoms with van der Waals surface area (Å²) < 4.78 is 287. The Morgan fingerprint density at radius 1 is 0.241 bits per heavy atom. The van der Waals surface area contributed by atoms with Crippen LogP contribution in [0.2, 0.25) is 0 Å². The Balaban J connectivity index is 0.000000221. The van der Waals surface area contributed by atoms with Crippen molar-refractivity contribution in [3.8, 4) is 40.2 Å². The van der Waals surface area contributed by atoms with Gasteiger partial charge in [0.05, 0.1) is 0 Å². The van der Waals surface area contributed by atoms with Crippen LogP contribution in [0.15, 0.2) is 171 Å². The summed E-state index contributed by atoms with van der Waals surface area (Å²) in [7, 11) is -17.6. The predicted molar refractivity (Wildman–Crippen MR) is 513 cm³/mol. The topological polar surface area (TPSA) is 601 Å². The third-order valence-electron chi connectivity index (χ3n) is 17.5. The molecular formula is C84H119N14O28P7. The van der Waals surface area contributed by atoms with E-state index in [1.54, 1.807) is 144 Å². The molecule has 42 nitrogen and oxygen atoms in total. The molecule has 49 heteroatoms. The lowest BCUT2D eigenvalue weighted by atomic mass is 10.1. The zero-order valence-corrected chi connectivity index (χ0v) is 78.7. The first-order valence-corrected chi connectivity index (χ1v) is 49.3. The van der Waals surface area contributed by atoms with E-state index in [2.05, 4.69) is 57.5 Å². The van der Waals surface area contributed by atoms with Crippen molar-refractivity contribution in [2.45, 2.75) is 44.8 Å². The average molecular weight is 2010 g/mol. The molecule has 9 atom stereocenters. The van der Waals surface area contributed by atoms with Crippen molar-refractivity contribution in [2.24, 2.45) is 0 Å². The van der Waals surface area contributed by atoms with Crippen LogP contribution in [0.25, 0.3) is 76.3 Å². The van der Waals surface area contributed by atoms with Crippen molar-refractivity contribution in [3.63, 3.8) is 0 Å². The second kappa shape index (κ2) is 48.4. The van der Waals surface area contributed by atoms with Crippen LogP contribution in [0, 0.1) is 0 Å². The number of nitrogens with one attached hydrogen (secondary N) is 7. The van der Waals surface area contributed by atoms with Gasteiger partial charge < -0.3 is 101 Å². The van der Waals surface area contributed by atoms with Crippen molar-refractivity contribution in [2.75, 3.05) is 144 Å². The van der Waals surface area contributed by atoms with E-state index in [0.717, 1.165) is 41.8 Å². The Morgan fingerprint density at radius 3 is 0.594 bits per heavy atom. The number of aryl methyl sites for hydroxylation is 7. The Labute approximate surface area is 800 Å². The van der Waals surface area contributed by atoms with E-state index in [-0.39, 0.29) is 85.9 Å². The number of rotatable bonds is 35. The number of aromatic nitrogens is 7. The van der Waals surface area contributed by atoms with Gasteiger partial charge in [0, 0.05) is 197 Å². The highest BCUT2D eigenvalue weighted by molar-refractivity contribution is 7.48. The molecule has 14 rings (SSSR count). The van der Waals surface area contributed by atoms with Gasteiger partial charge in [-0.2, -0.15) is 0 Å². The number of fused-ring (bicyclic) bond motifs is 7. The smallest absolute Gasteiger partial charge is 0.404 e. The van der Waals surface area contributed by atoms with Gasteiger partial charge in [-0.15, -0.1) is 0 Å². The normalized spacial score (nSPS) is 17.4. The molecule has 0 aliphatic carbocycles. The number of hydrogen-bond acceptors (Lipinski definition) is 21. The SMILES string of the molecule is [2H]C(Cc1c[nH]c2cccc(OP(=O)(O)O)c12)N(C)C.[2H]C(Cc1c[nH]c2cccc(OP(=O)(O)O)c12)N(C)C.[2H]C(Cc1c[nH]c2cccc(OP(=O)(O)O)c12)N(C)C([2H])([2H])[2H].[2H]C(Cc1c[nH]c2cccc(OP(=O)(O)O)c12)N(C)C([2H])([2H])[2H].[2H]C(N(C)C)C([2H])([2H])c1c[nH]c2cccc(OP(=O)(O)O)c12.[2H]C(c1c[nH]c2cccc(OP(=O)(O)O)c12)C([2H])N(C)C([2H])([2H])[2H].[2H]C(c1c[nH]c2cccc(OP(=O)(O)O)c12)C([2H])N(C)C([2H])([2H])[2H]. The van der Waals surface area contributed by atoms with Crippen molar-refractivity contribution in [1.82, 2.24) is 69.2 Å². The van der Waals surface area contributed by atoms with Crippen LogP contribution in [0.1, 0.15) is 70.5 Å². The first-order valence-electron chi connectivity index (χ1n) is 50.7. The van der Waals surface area contributed by atoms with Crippen LogP contribution in [0.5, 0.6) is 40.2 Å². The van der Waals surface area contributed by atoms with Gasteiger partial charge >= 0.3 is 54.8 Å². The van der Waals surface area contributed by atoms with E-state index in [9.17, 15) is 32.0 Å². The number of hydrogen-bond donors (Lipinski definition) is 21. The highest BCUT2D eigenvalue weighted by Gasteiger charge is 2.28. The van der Waals surface area contributed by atoms with Gasteiger partial charge in [0.15, 0.2) is 0 Å². The molecular weight excluding hydrogens is 1870 g/mol. The molecule has 0 saturated carbocycles. The zero-order chi connectivity index (χ0) is 118. The quantitative estimate of drug-likeness (QED) is 0.0164. The summed E-state index contributed by atoms with van der Waals surface area (Å²) in [5.74, 6) is -0.198. The van der Waals surface area contributed by atoms with Crippen LogP contribution in [-0.4, -0.2) is 282 Å². The van der Waals surface area contributed by atoms with E-state index in [4.69, 9.17) is 109 Å². The fraction of sp³-hybridized carbons (Fsp3) is 0.333. The molecule has 0 amide bonds. The Bertz CT molecular complexity index is 7120. The lowest BCUT2D eigenvalue weighted by Gasteiger charge is -2.11. The maximum absolute atomic E-state index is 11.1.